The number of ether oxygens (including phenoxy) is 2. The number of unbranched alkanes of at least 4 members (excludes halogenated alkanes) is 12. The summed E-state index contributed by atoms with van der Waals surface area (Å²) in [6.45, 7) is 19.9. The largest absolute Gasteiger partial charge is 0.462 e. The van der Waals surface area contributed by atoms with Gasteiger partial charge in [-0.15, -0.1) is 0 Å². The van der Waals surface area contributed by atoms with E-state index in [0.29, 0.717) is 57.4 Å². The van der Waals surface area contributed by atoms with E-state index in [9.17, 15) is 28.8 Å². The highest BCUT2D eigenvalue weighted by molar-refractivity contribution is 6.41. The monoisotopic (exact) mass is 1100 g/mol. The minimum Gasteiger partial charge on any atom is -0.462 e. The van der Waals surface area contributed by atoms with Crippen LogP contribution in [-0.2, 0) is 32.2 Å². The molecule has 0 atom stereocenters. The van der Waals surface area contributed by atoms with Crippen LogP contribution in [0.5, 0.6) is 0 Å². The number of carbonyl (C=O) groups excluding carboxylic acids is 6. The number of carbonyl (C=O) groups is 6. The Morgan fingerprint density at radius 2 is 0.683 bits per heavy atom. The Kier molecular flexibility index (Phi) is 19.6. The third-order valence-electron chi connectivity index (χ3n) is 16.5. The van der Waals surface area contributed by atoms with Crippen LogP contribution in [0.15, 0.2) is 121 Å². The van der Waals surface area contributed by atoms with Gasteiger partial charge in [-0.1, -0.05) is 140 Å². The Hall–Kier alpha value is -7.86. The summed E-state index contributed by atoms with van der Waals surface area (Å²) in [5, 5.41) is 6.33. The molecule has 0 spiro atoms. The van der Waals surface area contributed by atoms with E-state index in [-0.39, 0.29) is 48.7 Å². The van der Waals surface area contributed by atoms with E-state index in [1.807, 2.05) is 72.8 Å². The average molecular weight is 1110 g/mol. The number of esters is 2. The van der Waals surface area contributed by atoms with Gasteiger partial charge in [0.05, 0.1) is 26.3 Å². The van der Waals surface area contributed by atoms with Gasteiger partial charge in [0.2, 0.25) is 0 Å². The number of hydrogen-bond donors (Lipinski definition) is 0. The standard InChI is InChI=1S/C70H80N4O8/c1-7-9-39-71(41-19-15-11-13-17-21-43-81-69(79)47(3)4)51-27-23-49(24-28-51)45-73-65(75)57-35-31-53-55-33-37-59-64-60(38-34-56(62(55)64)54-32-36-58(66(73)76)63(57)61(53)54)68(78)74(67(59)77)46-50-25-29-52(30-26-50)72(40-10-8-2)42-20-16-12-14-18-22-44-82-70(80)48(5)6/h23-38H,3,5,7-22,39-46H2,1-2,4,6H3. The smallest absolute Gasteiger partial charge is 0.333 e. The van der Waals surface area contributed by atoms with Gasteiger partial charge >= 0.3 is 11.9 Å². The lowest BCUT2D eigenvalue weighted by molar-refractivity contribution is -0.139. The van der Waals surface area contributed by atoms with Crippen LogP contribution in [0, 0.1) is 0 Å². The van der Waals surface area contributed by atoms with Gasteiger partial charge in [0.25, 0.3) is 23.6 Å². The summed E-state index contributed by atoms with van der Waals surface area (Å²) in [5.74, 6) is -2.00. The van der Waals surface area contributed by atoms with E-state index in [1.165, 1.54) is 9.80 Å². The van der Waals surface area contributed by atoms with Crippen LogP contribution < -0.4 is 9.80 Å². The second kappa shape index (κ2) is 27.3. The van der Waals surface area contributed by atoms with Gasteiger partial charge in [0.15, 0.2) is 0 Å². The average Bonchev–Trinajstić information content (AvgIpc) is 1.97. The molecule has 0 N–H and O–H groups in total. The molecule has 2 heterocycles. The van der Waals surface area contributed by atoms with Crippen molar-refractivity contribution in [3.63, 3.8) is 0 Å². The Morgan fingerprint density at radius 3 is 0.988 bits per heavy atom. The molecular weight excluding hydrogens is 1020 g/mol. The maximum atomic E-state index is 14.5. The molecule has 9 rings (SSSR count). The Labute approximate surface area is 483 Å². The summed E-state index contributed by atoms with van der Waals surface area (Å²) in [7, 11) is 0. The summed E-state index contributed by atoms with van der Waals surface area (Å²) in [5.41, 5.74) is 6.74. The molecule has 12 heteroatoms. The minimum absolute atomic E-state index is 0.141. The molecule has 82 heavy (non-hydrogen) atoms. The number of rotatable bonds is 32. The first kappa shape index (κ1) is 58.8. The number of benzene rings is 7. The molecule has 0 saturated carbocycles. The van der Waals surface area contributed by atoms with E-state index in [4.69, 9.17) is 9.47 Å². The van der Waals surface area contributed by atoms with E-state index < -0.39 is 0 Å². The normalized spacial score (nSPS) is 13.1. The van der Waals surface area contributed by atoms with Crippen LogP contribution in [0.2, 0.25) is 0 Å². The van der Waals surface area contributed by atoms with Crippen molar-refractivity contribution < 1.29 is 38.2 Å². The number of hydrogen-bond acceptors (Lipinski definition) is 10. The molecule has 0 fully saturated rings. The number of anilines is 2. The van der Waals surface area contributed by atoms with E-state index in [2.05, 4.69) is 61.1 Å². The molecule has 0 radical (unpaired) electrons. The number of imide groups is 2. The van der Waals surface area contributed by atoms with E-state index >= 15 is 0 Å². The molecule has 0 saturated heterocycles. The van der Waals surface area contributed by atoms with Crippen molar-refractivity contribution in [1.82, 2.24) is 9.80 Å². The van der Waals surface area contributed by atoms with Crippen molar-refractivity contribution in [1.29, 1.82) is 0 Å². The van der Waals surface area contributed by atoms with Crippen LogP contribution in [-0.4, -0.2) is 84.8 Å². The molecule has 0 aliphatic carbocycles. The zero-order valence-corrected chi connectivity index (χ0v) is 48.7. The molecule has 7 aromatic rings. The summed E-state index contributed by atoms with van der Waals surface area (Å²) >= 11 is 0. The van der Waals surface area contributed by atoms with Gasteiger partial charge in [0, 0.05) is 81.7 Å². The van der Waals surface area contributed by atoms with Gasteiger partial charge in [-0.05, 0) is 144 Å². The summed E-state index contributed by atoms with van der Waals surface area (Å²) in [6, 6.07) is 31.7. The fourth-order valence-electron chi connectivity index (χ4n) is 11.9. The highest BCUT2D eigenvalue weighted by Gasteiger charge is 2.37. The van der Waals surface area contributed by atoms with Crippen LogP contribution in [0.25, 0.3) is 43.1 Å². The van der Waals surface area contributed by atoms with Crippen LogP contribution in [0.4, 0.5) is 11.4 Å². The van der Waals surface area contributed by atoms with Gasteiger partial charge in [-0.3, -0.25) is 29.0 Å². The molecule has 12 nitrogen and oxygen atoms in total. The molecule has 428 valence electrons. The number of fused-ring (bicyclic) bond motifs is 2. The molecule has 7 aromatic carbocycles. The molecule has 0 aromatic heterocycles. The molecule has 2 aliphatic heterocycles. The Morgan fingerprint density at radius 1 is 0.390 bits per heavy atom. The molecule has 0 bridgehead atoms. The first-order chi connectivity index (χ1) is 39.8. The third kappa shape index (κ3) is 12.9. The summed E-state index contributed by atoms with van der Waals surface area (Å²) in [4.78, 5) is 88.9. The number of nitrogens with zero attached hydrogens (tertiary/aromatic N) is 4. The minimum atomic E-state index is -0.338. The number of amides is 4. The highest BCUT2D eigenvalue weighted by Crippen LogP contribution is 2.46. The molecule has 4 amide bonds. The first-order valence-electron chi connectivity index (χ1n) is 30.1. The quantitative estimate of drug-likeness (QED) is 0.0100. The van der Waals surface area contributed by atoms with E-state index in [0.717, 1.165) is 184 Å². The van der Waals surface area contributed by atoms with Crippen molar-refractivity contribution in [3.8, 4) is 0 Å². The lowest BCUT2D eigenvalue weighted by Gasteiger charge is -2.30. The lowest BCUT2D eigenvalue weighted by atomic mass is 9.82. The van der Waals surface area contributed by atoms with Crippen molar-refractivity contribution >= 4 is 90.0 Å². The molecule has 0 unspecified atom stereocenters. The predicted molar refractivity (Wildman–Crippen MR) is 330 cm³/mol. The van der Waals surface area contributed by atoms with E-state index in [1.54, 1.807) is 13.8 Å². The highest BCUT2D eigenvalue weighted by atomic mass is 16.5. The zero-order valence-electron chi connectivity index (χ0n) is 48.7. The fraction of sp³-hybridized carbons (Fsp3) is 0.400. The summed E-state index contributed by atoms with van der Waals surface area (Å²) in [6.07, 6.45) is 17.0. The van der Waals surface area contributed by atoms with Crippen molar-refractivity contribution in [2.75, 3.05) is 49.2 Å². The predicted octanol–water partition coefficient (Wildman–Crippen LogP) is 15.5. The van der Waals surface area contributed by atoms with Crippen LogP contribution in [0.3, 0.4) is 0 Å². The maximum Gasteiger partial charge on any atom is 0.333 e. The topological polar surface area (TPSA) is 134 Å². The van der Waals surface area contributed by atoms with Gasteiger partial charge < -0.3 is 19.3 Å². The Bertz CT molecular complexity index is 3160. The van der Waals surface area contributed by atoms with Gasteiger partial charge in [0.1, 0.15) is 0 Å². The zero-order chi connectivity index (χ0) is 57.9. The van der Waals surface area contributed by atoms with Crippen LogP contribution in [0.1, 0.15) is 183 Å². The van der Waals surface area contributed by atoms with Gasteiger partial charge in [-0.25, -0.2) is 9.59 Å². The maximum absolute atomic E-state index is 14.5. The lowest BCUT2D eigenvalue weighted by Crippen LogP contribution is -2.40. The second-order valence-corrected chi connectivity index (χ2v) is 22.6. The van der Waals surface area contributed by atoms with Crippen molar-refractivity contribution in [2.24, 2.45) is 0 Å². The molecule has 2 aliphatic rings. The Balaban J connectivity index is 0.853. The second-order valence-electron chi connectivity index (χ2n) is 22.6. The van der Waals surface area contributed by atoms with Crippen molar-refractivity contribution in [3.05, 3.63) is 155 Å². The summed E-state index contributed by atoms with van der Waals surface area (Å²) < 4.78 is 10.4. The third-order valence-corrected chi connectivity index (χ3v) is 16.5. The SMILES string of the molecule is C=C(C)C(=O)OCCCCCCCCN(CCCC)c1ccc(CN2C(=O)c3ccc4c5ccc6c7c(ccc(c8ccc(c3c48)C2=O)c75)C(=O)N(Cc2ccc(N(CCCC)CCCCCCCCOC(=O)C(=C)C)cc2)C6=O)cc1. The fourth-order valence-corrected chi connectivity index (χ4v) is 11.9. The van der Waals surface area contributed by atoms with Crippen LogP contribution >= 0.6 is 0 Å². The molecular formula is C70H80N4O8. The van der Waals surface area contributed by atoms with Crippen molar-refractivity contribution in [2.45, 2.75) is 144 Å². The van der Waals surface area contributed by atoms with Gasteiger partial charge in [-0.2, -0.15) is 0 Å². The first-order valence-corrected chi connectivity index (χ1v) is 30.1.